The average molecular weight is 185 g/mol. The lowest BCUT2D eigenvalue weighted by molar-refractivity contribution is 0.181. The second-order valence-electron chi connectivity index (χ2n) is 4.35. The first-order valence-corrected chi connectivity index (χ1v) is 5.68. The molecule has 0 aromatic rings. The Morgan fingerprint density at radius 3 is 2.69 bits per heavy atom. The van der Waals surface area contributed by atoms with Crippen molar-refractivity contribution < 1.29 is 5.11 Å². The van der Waals surface area contributed by atoms with Gasteiger partial charge in [0, 0.05) is 0 Å². The normalized spacial score (nSPS) is 20.8. The van der Waals surface area contributed by atoms with Crippen molar-refractivity contribution in [3.8, 4) is 0 Å². The molecule has 2 nitrogen and oxygen atoms in total. The third-order valence-electron chi connectivity index (χ3n) is 2.88. The van der Waals surface area contributed by atoms with Gasteiger partial charge in [-0.15, -0.1) is 0 Å². The van der Waals surface area contributed by atoms with Gasteiger partial charge < -0.3 is 10.4 Å². The molecule has 0 bridgehead atoms. The van der Waals surface area contributed by atoms with Crippen molar-refractivity contribution in [3.05, 3.63) is 0 Å². The largest absolute Gasteiger partial charge is 0.393 e. The zero-order valence-corrected chi connectivity index (χ0v) is 8.76. The van der Waals surface area contributed by atoms with Crippen molar-refractivity contribution in [2.45, 2.75) is 51.6 Å². The smallest absolute Gasteiger partial charge is 0.0512 e. The molecule has 0 heterocycles. The molecular weight excluding hydrogens is 162 g/mol. The maximum absolute atomic E-state index is 9.04. The van der Waals surface area contributed by atoms with Crippen LogP contribution in [0.2, 0.25) is 0 Å². The predicted molar refractivity (Wildman–Crippen MR) is 55.7 cm³/mol. The van der Waals surface area contributed by atoms with Crippen LogP contribution < -0.4 is 5.32 Å². The molecule has 78 valence electrons. The maximum Gasteiger partial charge on any atom is 0.0512 e. The minimum atomic E-state index is -0.131. The van der Waals surface area contributed by atoms with E-state index in [1.54, 1.807) is 0 Å². The summed E-state index contributed by atoms with van der Waals surface area (Å²) in [6.45, 7) is 4.12. The second-order valence-corrected chi connectivity index (χ2v) is 4.35. The van der Waals surface area contributed by atoms with Gasteiger partial charge in [0.15, 0.2) is 0 Å². The van der Waals surface area contributed by atoms with Gasteiger partial charge in [0.05, 0.1) is 6.10 Å². The highest BCUT2D eigenvalue weighted by atomic mass is 16.3. The Kier molecular flexibility index (Phi) is 5.40. The molecule has 1 aliphatic rings. The summed E-state index contributed by atoms with van der Waals surface area (Å²) in [6, 6.07) is 0. The molecule has 13 heavy (non-hydrogen) atoms. The molecule has 0 amide bonds. The molecule has 0 saturated heterocycles. The quantitative estimate of drug-likeness (QED) is 0.620. The molecule has 1 atom stereocenters. The van der Waals surface area contributed by atoms with Crippen molar-refractivity contribution in [1.29, 1.82) is 0 Å². The van der Waals surface area contributed by atoms with Gasteiger partial charge in [0.25, 0.3) is 0 Å². The summed E-state index contributed by atoms with van der Waals surface area (Å²) in [5.41, 5.74) is 0. The molecule has 1 fully saturated rings. The van der Waals surface area contributed by atoms with E-state index in [-0.39, 0.29) is 6.10 Å². The van der Waals surface area contributed by atoms with Crippen LogP contribution in [0.25, 0.3) is 0 Å². The van der Waals surface area contributed by atoms with Crippen LogP contribution >= 0.6 is 0 Å². The second kappa shape index (κ2) is 6.39. The molecule has 0 radical (unpaired) electrons. The van der Waals surface area contributed by atoms with Crippen LogP contribution in [-0.2, 0) is 0 Å². The summed E-state index contributed by atoms with van der Waals surface area (Å²) in [6.07, 6.45) is 7.60. The van der Waals surface area contributed by atoms with E-state index < -0.39 is 0 Å². The third-order valence-corrected chi connectivity index (χ3v) is 2.88. The zero-order valence-electron chi connectivity index (χ0n) is 8.76. The Hall–Kier alpha value is -0.0800. The van der Waals surface area contributed by atoms with Gasteiger partial charge >= 0.3 is 0 Å². The number of hydrogen-bond donors (Lipinski definition) is 2. The van der Waals surface area contributed by atoms with Gasteiger partial charge in [0.1, 0.15) is 0 Å². The number of aliphatic hydroxyl groups is 1. The van der Waals surface area contributed by atoms with Crippen molar-refractivity contribution in [3.63, 3.8) is 0 Å². The molecule has 0 aliphatic heterocycles. The topological polar surface area (TPSA) is 32.3 Å². The van der Waals surface area contributed by atoms with Crippen LogP contribution in [0.4, 0.5) is 0 Å². The monoisotopic (exact) mass is 185 g/mol. The van der Waals surface area contributed by atoms with E-state index in [1.807, 2.05) is 6.92 Å². The zero-order chi connectivity index (χ0) is 9.52. The predicted octanol–water partition coefficient (Wildman–Crippen LogP) is 1.93. The standard InChI is InChI=1S/C11H23NO/c1-10(13)5-4-8-12-9-11-6-2-3-7-11/h10-13H,2-9H2,1H3. The fourth-order valence-corrected chi connectivity index (χ4v) is 2.04. The van der Waals surface area contributed by atoms with Crippen LogP contribution in [-0.4, -0.2) is 24.3 Å². The van der Waals surface area contributed by atoms with E-state index >= 15 is 0 Å². The Labute approximate surface area is 81.7 Å². The SMILES string of the molecule is CC(O)CCCNCC1CCCC1. The fraction of sp³-hybridized carbons (Fsp3) is 1.00. The Balaban J connectivity index is 1.83. The minimum Gasteiger partial charge on any atom is -0.393 e. The maximum atomic E-state index is 9.04. The number of hydrogen-bond acceptors (Lipinski definition) is 2. The van der Waals surface area contributed by atoms with Crippen LogP contribution in [0.1, 0.15) is 45.4 Å². The molecule has 2 heteroatoms. The minimum absolute atomic E-state index is 0.131. The number of aliphatic hydroxyl groups excluding tert-OH is 1. The van der Waals surface area contributed by atoms with E-state index in [0.29, 0.717) is 0 Å². The van der Waals surface area contributed by atoms with Crippen LogP contribution in [0, 0.1) is 5.92 Å². The van der Waals surface area contributed by atoms with Gasteiger partial charge in [0.2, 0.25) is 0 Å². The summed E-state index contributed by atoms with van der Waals surface area (Å²) >= 11 is 0. The highest BCUT2D eigenvalue weighted by molar-refractivity contribution is 4.69. The van der Waals surface area contributed by atoms with E-state index in [2.05, 4.69) is 5.32 Å². The number of nitrogens with one attached hydrogen (secondary N) is 1. The van der Waals surface area contributed by atoms with Crippen LogP contribution in [0.15, 0.2) is 0 Å². The lowest BCUT2D eigenvalue weighted by atomic mass is 10.1. The van der Waals surface area contributed by atoms with E-state index in [9.17, 15) is 0 Å². The molecule has 0 spiro atoms. The molecule has 0 aromatic carbocycles. The highest BCUT2D eigenvalue weighted by Crippen LogP contribution is 2.23. The summed E-state index contributed by atoms with van der Waals surface area (Å²) in [4.78, 5) is 0. The summed E-state index contributed by atoms with van der Waals surface area (Å²) < 4.78 is 0. The molecule has 0 aromatic heterocycles. The average Bonchev–Trinajstić information content (AvgIpc) is 2.55. The highest BCUT2D eigenvalue weighted by Gasteiger charge is 2.13. The molecule has 1 rings (SSSR count). The Bertz CT molecular complexity index is 119. The van der Waals surface area contributed by atoms with Crippen molar-refractivity contribution in [1.82, 2.24) is 5.32 Å². The first kappa shape index (κ1) is 11.0. The van der Waals surface area contributed by atoms with Crippen molar-refractivity contribution in [2.24, 2.45) is 5.92 Å². The van der Waals surface area contributed by atoms with Crippen LogP contribution in [0.5, 0.6) is 0 Å². The van der Waals surface area contributed by atoms with E-state index in [0.717, 1.165) is 25.3 Å². The van der Waals surface area contributed by atoms with Crippen molar-refractivity contribution in [2.75, 3.05) is 13.1 Å². The Morgan fingerprint density at radius 2 is 2.08 bits per heavy atom. The van der Waals surface area contributed by atoms with Crippen molar-refractivity contribution >= 4 is 0 Å². The molecular formula is C11H23NO. The van der Waals surface area contributed by atoms with Gasteiger partial charge in [-0.3, -0.25) is 0 Å². The lowest BCUT2D eigenvalue weighted by Gasteiger charge is -2.10. The third kappa shape index (κ3) is 5.27. The molecule has 1 unspecified atom stereocenters. The van der Waals surface area contributed by atoms with Crippen LogP contribution in [0.3, 0.4) is 0 Å². The first-order valence-electron chi connectivity index (χ1n) is 5.68. The molecule has 1 aliphatic carbocycles. The molecule has 1 saturated carbocycles. The van der Waals surface area contributed by atoms with E-state index in [4.69, 9.17) is 5.11 Å². The van der Waals surface area contributed by atoms with Gasteiger partial charge in [-0.25, -0.2) is 0 Å². The summed E-state index contributed by atoms with van der Waals surface area (Å²) in [5.74, 6) is 0.937. The van der Waals surface area contributed by atoms with E-state index in [1.165, 1.54) is 32.2 Å². The number of rotatable bonds is 6. The van der Waals surface area contributed by atoms with Gasteiger partial charge in [-0.05, 0) is 51.6 Å². The molecule has 2 N–H and O–H groups in total. The summed E-state index contributed by atoms with van der Waals surface area (Å²) in [7, 11) is 0. The fourth-order valence-electron chi connectivity index (χ4n) is 2.04. The van der Waals surface area contributed by atoms with Gasteiger partial charge in [-0.2, -0.15) is 0 Å². The summed E-state index contributed by atoms with van der Waals surface area (Å²) in [5, 5.41) is 12.5. The Morgan fingerprint density at radius 1 is 1.38 bits per heavy atom. The van der Waals surface area contributed by atoms with Gasteiger partial charge in [-0.1, -0.05) is 12.8 Å². The first-order chi connectivity index (χ1) is 6.29. The lowest BCUT2D eigenvalue weighted by Crippen LogP contribution is -2.22.